The van der Waals surface area contributed by atoms with Crippen LogP contribution in [0.15, 0.2) is 34.9 Å². The molecule has 21 heavy (non-hydrogen) atoms. The lowest BCUT2D eigenvalue weighted by Crippen LogP contribution is -2.23. The summed E-state index contributed by atoms with van der Waals surface area (Å²) in [6, 6.07) is 4.37. The van der Waals surface area contributed by atoms with Crippen molar-refractivity contribution in [1.82, 2.24) is 10.3 Å². The van der Waals surface area contributed by atoms with Crippen molar-refractivity contribution in [2.45, 2.75) is 25.9 Å². The van der Waals surface area contributed by atoms with Crippen LogP contribution in [0.25, 0.3) is 0 Å². The smallest absolute Gasteiger partial charge is 0.170 e. The van der Waals surface area contributed by atoms with Crippen molar-refractivity contribution in [3.05, 3.63) is 51.7 Å². The molecular weight excluding hydrogens is 291 g/mol. The van der Waals surface area contributed by atoms with Crippen molar-refractivity contribution in [3.63, 3.8) is 0 Å². The molecule has 0 fully saturated rings. The summed E-state index contributed by atoms with van der Waals surface area (Å²) in [5, 5.41) is 18.0. The summed E-state index contributed by atoms with van der Waals surface area (Å²) < 4.78 is 13.3. The molecule has 0 amide bonds. The molecule has 0 radical (unpaired) electrons. The minimum atomic E-state index is -0.424. The first-order chi connectivity index (χ1) is 10.2. The highest BCUT2D eigenvalue weighted by molar-refractivity contribution is 7.09. The molecule has 5 nitrogen and oxygen atoms in total. The highest BCUT2D eigenvalue weighted by Crippen LogP contribution is 2.20. The largest absolute Gasteiger partial charge is 0.409 e. The summed E-state index contributed by atoms with van der Waals surface area (Å²) in [4.78, 5) is 4.30. The quantitative estimate of drug-likeness (QED) is 0.331. The first-order valence-electron chi connectivity index (χ1n) is 6.54. The number of hydrogen-bond donors (Lipinski definition) is 3. The molecule has 7 heteroatoms. The molecule has 0 aliphatic carbocycles. The van der Waals surface area contributed by atoms with Gasteiger partial charge in [-0.05, 0) is 24.1 Å². The SMILES string of the molecule is CCC(NCc1ccc(F)cc1C(N)=NO)c1nccs1. The third-order valence-electron chi connectivity index (χ3n) is 3.15. The molecule has 1 heterocycles. The number of thiazole rings is 1. The van der Waals surface area contributed by atoms with Crippen LogP contribution in [0.3, 0.4) is 0 Å². The van der Waals surface area contributed by atoms with Gasteiger partial charge in [0.1, 0.15) is 10.8 Å². The van der Waals surface area contributed by atoms with Crippen LogP contribution in [0, 0.1) is 5.82 Å². The monoisotopic (exact) mass is 308 g/mol. The van der Waals surface area contributed by atoms with Crippen LogP contribution >= 0.6 is 11.3 Å². The maximum absolute atomic E-state index is 13.3. The molecule has 0 spiro atoms. The highest BCUT2D eigenvalue weighted by atomic mass is 32.1. The van der Waals surface area contributed by atoms with E-state index in [4.69, 9.17) is 10.9 Å². The Balaban J connectivity index is 2.16. The molecule has 1 aromatic heterocycles. The van der Waals surface area contributed by atoms with Gasteiger partial charge in [-0.25, -0.2) is 9.37 Å². The van der Waals surface area contributed by atoms with Gasteiger partial charge in [0.05, 0.1) is 6.04 Å². The van der Waals surface area contributed by atoms with Gasteiger partial charge in [-0.15, -0.1) is 11.3 Å². The molecule has 2 rings (SSSR count). The van der Waals surface area contributed by atoms with Gasteiger partial charge in [0.25, 0.3) is 0 Å². The fourth-order valence-corrected chi connectivity index (χ4v) is 2.84. The number of benzene rings is 1. The van der Waals surface area contributed by atoms with Crippen molar-refractivity contribution < 1.29 is 9.60 Å². The number of halogens is 1. The van der Waals surface area contributed by atoms with Crippen molar-refractivity contribution >= 4 is 17.2 Å². The molecule has 0 saturated heterocycles. The Kier molecular flexibility index (Phi) is 5.24. The number of amidine groups is 1. The molecule has 0 saturated carbocycles. The van der Waals surface area contributed by atoms with Crippen LogP contribution in [0.5, 0.6) is 0 Å². The standard InChI is InChI=1S/C14H17FN4OS/c1-2-12(14-17-5-6-21-14)18-8-9-3-4-10(15)7-11(9)13(16)19-20/h3-7,12,18,20H,2,8H2,1H3,(H2,16,19). The van der Waals surface area contributed by atoms with E-state index in [1.54, 1.807) is 23.6 Å². The van der Waals surface area contributed by atoms with Gasteiger partial charge >= 0.3 is 0 Å². The Hall–Kier alpha value is -1.99. The van der Waals surface area contributed by atoms with Gasteiger partial charge in [-0.1, -0.05) is 18.1 Å². The molecule has 0 aliphatic rings. The third kappa shape index (κ3) is 3.77. The van der Waals surface area contributed by atoms with Gasteiger partial charge in [0, 0.05) is 23.7 Å². The number of rotatable bonds is 6. The minimum Gasteiger partial charge on any atom is -0.409 e. The van der Waals surface area contributed by atoms with Gasteiger partial charge in [0.15, 0.2) is 5.84 Å². The molecule has 1 atom stereocenters. The van der Waals surface area contributed by atoms with E-state index in [0.717, 1.165) is 17.0 Å². The van der Waals surface area contributed by atoms with E-state index in [1.165, 1.54) is 12.1 Å². The fourth-order valence-electron chi connectivity index (χ4n) is 2.04. The van der Waals surface area contributed by atoms with Crippen LogP contribution in [0.1, 0.15) is 35.5 Å². The number of nitrogens with zero attached hydrogens (tertiary/aromatic N) is 2. The summed E-state index contributed by atoms with van der Waals surface area (Å²) in [5.41, 5.74) is 6.75. The number of hydrogen-bond acceptors (Lipinski definition) is 5. The van der Waals surface area contributed by atoms with Crippen LogP contribution in [0.2, 0.25) is 0 Å². The van der Waals surface area contributed by atoms with Crippen molar-refractivity contribution in [3.8, 4) is 0 Å². The van der Waals surface area contributed by atoms with E-state index in [-0.39, 0.29) is 11.9 Å². The van der Waals surface area contributed by atoms with Crippen molar-refractivity contribution in [2.75, 3.05) is 0 Å². The highest BCUT2D eigenvalue weighted by Gasteiger charge is 2.14. The zero-order valence-corrected chi connectivity index (χ0v) is 12.4. The summed E-state index contributed by atoms with van der Waals surface area (Å²) in [7, 11) is 0. The van der Waals surface area contributed by atoms with Crippen LogP contribution in [0.4, 0.5) is 4.39 Å². The first-order valence-corrected chi connectivity index (χ1v) is 7.42. The van der Waals surface area contributed by atoms with Crippen molar-refractivity contribution in [1.29, 1.82) is 0 Å². The average molecular weight is 308 g/mol. The fraction of sp³-hybridized carbons (Fsp3) is 0.286. The molecule has 2 aromatic rings. The van der Waals surface area contributed by atoms with Gasteiger partial charge < -0.3 is 16.3 Å². The maximum Gasteiger partial charge on any atom is 0.170 e. The Morgan fingerprint density at radius 2 is 2.38 bits per heavy atom. The van der Waals surface area contributed by atoms with E-state index in [0.29, 0.717) is 12.1 Å². The average Bonchev–Trinajstić information content (AvgIpc) is 3.02. The zero-order chi connectivity index (χ0) is 15.2. The number of aromatic nitrogens is 1. The normalized spacial score (nSPS) is 13.3. The van der Waals surface area contributed by atoms with E-state index >= 15 is 0 Å². The summed E-state index contributed by atoms with van der Waals surface area (Å²) in [5.74, 6) is -0.527. The number of nitrogens with two attached hydrogens (primary N) is 1. The first kappa shape index (κ1) is 15.4. The molecule has 0 aliphatic heterocycles. The predicted octanol–water partition coefficient (Wildman–Crippen LogP) is 2.62. The topological polar surface area (TPSA) is 83.5 Å². The lowest BCUT2D eigenvalue weighted by Gasteiger charge is -2.16. The molecule has 112 valence electrons. The summed E-state index contributed by atoms with van der Waals surface area (Å²) >= 11 is 1.59. The van der Waals surface area contributed by atoms with Gasteiger partial charge in [-0.2, -0.15) is 0 Å². The zero-order valence-electron chi connectivity index (χ0n) is 11.6. The second-order valence-corrected chi connectivity index (χ2v) is 5.42. The molecule has 1 aromatic carbocycles. The van der Waals surface area contributed by atoms with E-state index in [1.807, 2.05) is 5.38 Å². The van der Waals surface area contributed by atoms with Crippen LogP contribution < -0.4 is 11.1 Å². The minimum absolute atomic E-state index is 0.103. The Morgan fingerprint density at radius 1 is 1.57 bits per heavy atom. The molecular formula is C14H17FN4OS. The second-order valence-electron chi connectivity index (χ2n) is 4.50. The third-order valence-corrected chi connectivity index (χ3v) is 4.04. The lowest BCUT2D eigenvalue weighted by atomic mass is 10.1. The second kappa shape index (κ2) is 7.14. The number of oxime groups is 1. The predicted molar refractivity (Wildman–Crippen MR) is 80.9 cm³/mol. The summed E-state index contributed by atoms with van der Waals surface area (Å²) in [6.45, 7) is 2.54. The van der Waals surface area contributed by atoms with Crippen LogP contribution in [-0.4, -0.2) is 16.0 Å². The molecule has 1 unspecified atom stereocenters. The Labute approximate surface area is 126 Å². The summed E-state index contributed by atoms with van der Waals surface area (Å²) in [6.07, 6.45) is 2.65. The maximum atomic E-state index is 13.3. The Morgan fingerprint density at radius 3 is 3.00 bits per heavy atom. The molecule has 0 bridgehead atoms. The van der Waals surface area contributed by atoms with Crippen molar-refractivity contribution in [2.24, 2.45) is 10.9 Å². The lowest BCUT2D eigenvalue weighted by molar-refractivity contribution is 0.318. The molecule has 4 N–H and O–H groups in total. The van der Waals surface area contributed by atoms with Crippen LogP contribution in [-0.2, 0) is 6.54 Å². The van der Waals surface area contributed by atoms with Gasteiger partial charge in [0.2, 0.25) is 0 Å². The number of nitrogens with one attached hydrogen (secondary N) is 1. The van der Waals surface area contributed by atoms with E-state index in [2.05, 4.69) is 22.4 Å². The van der Waals surface area contributed by atoms with Gasteiger partial charge in [-0.3, -0.25) is 0 Å². The van der Waals surface area contributed by atoms with E-state index < -0.39 is 5.82 Å². The Bertz CT molecular complexity index is 615. The van der Waals surface area contributed by atoms with E-state index in [9.17, 15) is 4.39 Å².